The van der Waals surface area contributed by atoms with Crippen molar-refractivity contribution in [1.82, 2.24) is 20.1 Å². The highest BCUT2D eigenvalue weighted by Gasteiger charge is 2.86. The number of alkyl halides is 6. The summed E-state index contributed by atoms with van der Waals surface area (Å²) in [5.74, 6) is -0.180. The first-order chi connectivity index (χ1) is 17.4. The van der Waals surface area contributed by atoms with E-state index in [1.165, 1.54) is 29.3 Å². The topological polar surface area (TPSA) is 67.5 Å². The van der Waals surface area contributed by atoms with Gasteiger partial charge in [-0.2, -0.15) is 13.2 Å². The normalized spacial score (nSPS) is 27.1. The molecule has 0 spiro atoms. The highest BCUT2D eigenvalue weighted by molar-refractivity contribution is 5.96. The minimum absolute atomic E-state index is 0.00147. The van der Waals surface area contributed by atoms with Gasteiger partial charge in [0.2, 0.25) is 11.8 Å². The lowest BCUT2D eigenvalue weighted by molar-refractivity contribution is -0.274. The van der Waals surface area contributed by atoms with E-state index < -0.39 is 29.1 Å². The lowest BCUT2D eigenvalue weighted by Gasteiger charge is -2.26. The van der Waals surface area contributed by atoms with Crippen molar-refractivity contribution in [2.24, 2.45) is 5.41 Å². The predicted octanol–water partition coefficient (Wildman–Crippen LogP) is 5.04. The molecule has 0 radical (unpaired) electrons. The van der Waals surface area contributed by atoms with Crippen LogP contribution in [0.25, 0.3) is 10.9 Å². The van der Waals surface area contributed by atoms with E-state index in [0.29, 0.717) is 11.6 Å². The highest BCUT2D eigenvalue weighted by atomic mass is 19.4. The summed E-state index contributed by atoms with van der Waals surface area (Å²) < 4.78 is 92.2. The molecule has 1 saturated carbocycles. The van der Waals surface area contributed by atoms with Crippen LogP contribution in [0.2, 0.25) is 0 Å². The molecule has 0 amide bonds. The molecule has 2 saturated heterocycles. The first-order valence-electron chi connectivity index (χ1n) is 11.9. The monoisotopic (exact) mass is 527 g/mol. The molecule has 3 fully saturated rings. The van der Waals surface area contributed by atoms with Crippen molar-refractivity contribution < 1.29 is 35.5 Å². The van der Waals surface area contributed by atoms with Gasteiger partial charge in [0, 0.05) is 36.3 Å². The second-order valence-corrected chi connectivity index (χ2v) is 10.2. The van der Waals surface area contributed by atoms with Crippen molar-refractivity contribution in [2.45, 2.75) is 43.1 Å². The molecule has 1 aliphatic carbocycles. The van der Waals surface area contributed by atoms with Crippen LogP contribution in [-0.2, 0) is 5.41 Å². The second kappa shape index (κ2) is 7.95. The van der Waals surface area contributed by atoms with Crippen molar-refractivity contribution in [3.05, 3.63) is 42.2 Å². The number of piperidine rings is 2. The summed E-state index contributed by atoms with van der Waals surface area (Å²) in [6.07, 6.45) is -6.79. The van der Waals surface area contributed by atoms with Gasteiger partial charge >= 0.3 is 12.5 Å². The Morgan fingerprint density at radius 3 is 2.49 bits per heavy atom. The van der Waals surface area contributed by atoms with Gasteiger partial charge in [-0.1, -0.05) is 0 Å². The number of likely N-dealkylation sites (tertiary alicyclic amines) is 1. The quantitative estimate of drug-likeness (QED) is 0.441. The van der Waals surface area contributed by atoms with Crippen molar-refractivity contribution in [1.29, 1.82) is 0 Å². The van der Waals surface area contributed by atoms with Gasteiger partial charge in [0.1, 0.15) is 10.9 Å². The van der Waals surface area contributed by atoms with Crippen LogP contribution in [0.4, 0.5) is 32.0 Å². The Bertz CT molecular complexity index is 1340. The maximum absolute atomic E-state index is 14.5. The number of benzene rings is 1. The summed E-state index contributed by atoms with van der Waals surface area (Å²) in [5, 5.41) is 8.49. The van der Waals surface area contributed by atoms with Gasteiger partial charge in [-0.15, -0.1) is 23.4 Å². The van der Waals surface area contributed by atoms with Gasteiger partial charge in [0.05, 0.1) is 5.41 Å². The first kappa shape index (κ1) is 24.3. The van der Waals surface area contributed by atoms with Crippen LogP contribution in [-0.4, -0.2) is 65.8 Å². The number of nitrogens with zero attached hydrogens (tertiary/aromatic N) is 5. The number of fused-ring (bicyclic) bond motifs is 2. The summed E-state index contributed by atoms with van der Waals surface area (Å²) in [6, 6.07) is 5.45. The molecular formula is C24H23F6N5O2. The zero-order chi connectivity index (χ0) is 26.2. The Morgan fingerprint density at radius 1 is 1.03 bits per heavy atom. The van der Waals surface area contributed by atoms with Crippen LogP contribution < -0.4 is 9.64 Å². The third-order valence-electron chi connectivity index (χ3n) is 8.05. The fourth-order valence-corrected chi connectivity index (χ4v) is 6.04. The van der Waals surface area contributed by atoms with E-state index in [9.17, 15) is 26.3 Å². The summed E-state index contributed by atoms with van der Waals surface area (Å²) >= 11 is 0. The summed E-state index contributed by atoms with van der Waals surface area (Å²) in [7, 11) is 2.00. The molecule has 3 aromatic rings. The van der Waals surface area contributed by atoms with Gasteiger partial charge in [-0.05, 0) is 63.7 Å². The number of anilines is 1. The fourth-order valence-electron chi connectivity index (χ4n) is 6.04. The largest absolute Gasteiger partial charge is 0.573 e. The fraction of sp³-hybridized carbons (Fsp3) is 0.542. The molecule has 7 nitrogen and oxygen atoms in total. The van der Waals surface area contributed by atoms with Gasteiger partial charge in [-0.25, -0.2) is 0 Å². The molecule has 2 aromatic heterocycles. The summed E-state index contributed by atoms with van der Waals surface area (Å²) in [6.45, 7) is 1.23. The average Bonchev–Trinajstić information content (AvgIpc) is 3.14. The van der Waals surface area contributed by atoms with Crippen LogP contribution in [0, 0.1) is 5.41 Å². The number of aromatic nitrogens is 3. The van der Waals surface area contributed by atoms with Crippen molar-refractivity contribution in [3.63, 3.8) is 0 Å². The van der Waals surface area contributed by atoms with E-state index in [0.717, 1.165) is 32.0 Å². The molecule has 0 N–H and O–H groups in total. The second-order valence-electron chi connectivity index (χ2n) is 10.2. The highest BCUT2D eigenvalue weighted by Crippen LogP contribution is 2.75. The third kappa shape index (κ3) is 3.80. The zero-order valence-corrected chi connectivity index (χ0v) is 19.7. The molecule has 0 unspecified atom stereocenters. The molecule has 13 heteroatoms. The lowest BCUT2D eigenvalue weighted by atomic mass is 9.95. The predicted molar refractivity (Wildman–Crippen MR) is 119 cm³/mol. The minimum Gasteiger partial charge on any atom is -0.424 e. The van der Waals surface area contributed by atoms with E-state index in [1.807, 2.05) is 7.05 Å². The smallest absolute Gasteiger partial charge is 0.424 e. The van der Waals surface area contributed by atoms with Crippen LogP contribution >= 0.6 is 0 Å². The van der Waals surface area contributed by atoms with E-state index in [-0.39, 0.29) is 42.2 Å². The van der Waals surface area contributed by atoms with E-state index in [2.05, 4.69) is 24.8 Å². The SMILES string of the molecule is CN1CCC(c2nnc([C@]34CN(c5ccc(OC(F)(F)F)c6ncccc56)C[C@@]3(C(F)(F)F)C4)o2)CC1. The molecule has 2 aliphatic heterocycles. The maximum atomic E-state index is 14.5. The first-order valence-corrected chi connectivity index (χ1v) is 11.9. The minimum atomic E-state index is -4.94. The molecule has 3 aliphatic rings. The molecule has 37 heavy (non-hydrogen) atoms. The Hall–Kier alpha value is -3.09. The number of pyridine rings is 1. The average molecular weight is 527 g/mol. The van der Waals surface area contributed by atoms with Crippen LogP contribution in [0.5, 0.6) is 5.75 Å². The van der Waals surface area contributed by atoms with Gasteiger partial charge in [0.25, 0.3) is 0 Å². The van der Waals surface area contributed by atoms with Crippen LogP contribution in [0.3, 0.4) is 0 Å². The van der Waals surface area contributed by atoms with Crippen LogP contribution in [0.15, 0.2) is 34.9 Å². The molecule has 4 heterocycles. The molecule has 1 aromatic carbocycles. The Balaban J connectivity index is 1.36. The molecule has 6 rings (SSSR count). The van der Waals surface area contributed by atoms with E-state index in [1.54, 1.807) is 0 Å². The van der Waals surface area contributed by atoms with Crippen molar-refractivity contribution in [3.8, 4) is 5.75 Å². The summed E-state index contributed by atoms with van der Waals surface area (Å²) in [5.41, 5.74) is -3.26. The zero-order valence-electron chi connectivity index (χ0n) is 19.7. The van der Waals surface area contributed by atoms with Gasteiger partial charge in [0.15, 0.2) is 5.75 Å². The number of hydrogen-bond acceptors (Lipinski definition) is 7. The van der Waals surface area contributed by atoms with Gasteiger partial charge < -0.3 is 19.0 Å². The number of rotatable bonds is 4. The van der Waals surface area contributed by atoms with E-state index >= 15 is 0 Å². The summed E-state index contributed by atoms with van der Waals surface area (Å²) in [4.78, 5) is 7.70. The third-order valence-corrected chi connectivity index (χ3v) is 8.05. The maximum Gasteiger partial charge on any atom is 0.573 e. The Kier molecular flexibility index (Phi) is 5.21. The Labute approximate surface area is 207 Å². The molecule has 2 atom stereocenters. The Morgan fingerprint density at radius 2 is 1.78 bits per heavy atom. The lowest BCUT2D eigenvalue weighted by Crippen LogP contribution is -2.34. The van der Waals surface area contributed by atoms with Crippen molar-refractivity contribution in [2.75, 3.05) is 38.1 Å². The van der Waals surface area contributed by atoms with Gasteiger partial charge in [-0.3, -0.25) is 4.98 Å². The van der Waals surface area contributed by atoms with E-state index in [4.69, 9.17) is 4.42 Å². The molecular weight excluding hydrogens is 504 g/mol. The number of halogens is 6. The van der Waals surface area contributed by atoms with Crippen molar-refractivity contribution >= 4 is 16.6 Å². The standard InChI is InChI=1S/C24H23F6N5O2/c1-34-9-6-14(7-10-34)19-32-33-20(36-19)21-11-22(21,23(25,26)27)13-35(12-21)16-4-5-17(37-24(28,29)30)18-15(16)3-2-8-31-18/h2-5,8,14H,6-7,9-13H2,1H3/t21-,22-/m0/s1. The number of hydrogen-bond donors (Lipinski definition) is 0. The molecule has 198 valence electrons. The van der Waals surface area contributed by atoms with Crippen LogP contribution in [0.1, 0.15) is 37.0 Å². The number of ether oxygens (including phenoxy) is 1. The molecule has 0 bridgehead atoms.